The Kier molecular flexibility index (Phi) is 4.95. The standard InChI is InChI=1S/C11H19BrN2O2/c1-4-11(15,5-2)10-9(12)8-13-14(10)6-7-16-3/h8,15H,4-7H2,1-3H3. The van der Waals surface area contributed by atoms with Gasteiger partial charge in [-0.3, -0.25) is 4.68 Å². The van der Waals surface area contributed by atoms with E-state index in [1.54, 1.807) is 18.0 Å². The van der Waals surface area contributed by atoms with Crippen molar-refractivity contribution >= 4 is 15.9 Å². The summed E-state index contributed by atoms with van der Waals surface area (Å²) in [7, 11) is 1.66. The molecule has 0 saturated carbocycles. The minimum Gasteiger partial charge on any atom is -0.384 e. The van der Waals surface area contributed by atoms with Crippen molar-refractivity contribution in [3.05, 3.63) is 16.4 Å². The molecule has 1 heterocycles. The summed E-state index contributed by atoms with van der Waals surface area (Å²) in [5.74, 6) is 0. The van der Waals surface area contributed by atoms with E-state index in [-0.39, 0.29) is 0 Å². The molecule has 0 unspecified atom stereocenters. The van der Waals surface area contributed by atoms with Crippen LogP contribution >= 0.6 is 15.9 Å². The van der Waals surface area contributed by atoms with E-state index < -0.39 is 5.60 Å². The number of aliphatic hydroxyl groups is 1. The van der Waals surface area contributed by atoms with E-state index in [0.717, 1.165) is 10.2 Å². The van der Waals surface area contributed by atoms with Gasteiger partial charge in [0.25, 0.3) is 0 Å². The van der Waals surface area contributed by atoms with Crippen LogP contribution in [0.4, 0.5) is 0 Å². The van der Waals surface area contributed by atoms with Gasteiger partial charge >= 0.3 is 0 Å². The molecule has 4 nitrogen and oxygen atoms in total. The van der Waals surface area contributed by atoms with Crippen LogP contribution in [0.25, 0.3) is 0 Å². The fourth-order valence-electron chi connectivity index (χ4n) is 1.76. The maximum Gasteiger partial charge on any atom is 0.107 e. The summed E-state index contributed by atoms with van der Waals surface area (Å²) >= 11 is 3.44. The largest absolute Gasteiger partial charge is 0.384 e. The van der Waals surface area contributed by atoms with Crippen LogP contribution in [0.5, 0.6) is 0 Å². The lowest BCUT2D eigenvalue weighted by Gasteiger charge is -2.26. The molecule has 0 fully saturated rings. The zero-order valence-corrected chi connectivity index (χ0v) is 11.6. The lowest BCUT2D eigenvalue weighted by atomic mass is 9.93. The number of methoxy groups -OCH3 is 1. The van der Waals surface area contributed by atoms with Gasteiger partial charge in [0.15, 0.2) is 0 Å². The molecule has 1 aromatic heterocycles. The highest BCUT2D eigenvalue weighted by atomic mass is 79.9. The zero-order valence-electron chi connectivity index (χ0n) is 10.0. The highest BCUT2D eigenvalue weighted by molar-refractivity contribution is 9.10. The first-order valence-corrected chi connectivity index (χ1v) is 6.31. The van der Waals surface area contributed by atoms with Gasteiger partial charge in [0.05, 0.1) is 29.5 Å². The van der Waals surface area contributed by atoms with Gasteiger partial charge in [-0.2, -0.15) is 5.10 Å². The van der Waals surface area contributed by atoms with Crippen LogP contribution in [-0.4, -0.2) is 28.6 Å². The fourth-order valence-corrected chi connectivity index (χ4v) is 2.42. The second-order valence-corrected chi connectivity index (χ2v) is 4.65. The van der Waals surface area contributed by atoms with E-state index in [1.807, 2.05) is 13.8 Å². The van der Waals surface area contributed by atoms with Crippen molar-refractivity contribution in [1.29, 1.82) is 0 Å². The summed E-state index contributed by atoms with van der Waals surface area (Å²) in [5, 5.41) is 14.8. The molecule has 16 heavy (non-hydrogen) atoms. The minimum atomic E-state index is -0.816. The SMILES string of the molecule is CCC(O)(CC)c1c(Br)cnn1CCOC. The van der Waals surface area contributed by atoms with Crippen LogP contribution in [0.2, 0.25) is 0 Å². The molecular formula is C11H19BrN2O2. The molecule has 0 aliphatic heterocycles. The topological polar surface area (TPSA) is 47.3 Å². The zero-order chi connectivity index (χ0) is 12.2. The number of aromatic nitrogens is 2. The summed E-state index contributed by atoms with van der Waals surface area (Å²) < 4.78 is 7.69. The van der Waals surface area contributed by atoms with Crippen LogP contribution in [0.15, 0.2) is 10.7 Å². The normalized spacial score (nSPS) is 12.1. The Morgan fingerprint density at radius 2 is 2.12 bits per heavy atom. The minimum absolute atomic E-state index is 0.588. The van der Waals surface area contributed by atoms with E-state index >= 15 is 0 Å². The molecule has 1 rings (SSSR count). The van der Waals surface area contributed by atoms with E-state index in [0.29, 0.717) is 26.0 Å². The maximum absolute atomic E-state index is 10.5. The molecule has 0 saturated heterocycles. The average Bonchev–Trinajstić information content (AvgIpc) is 2.67. The first-order valence-electron chi connectivity index (χ1n) is 5.52. The quantitative estimate of drug-likeness (QED) is 0.875. The molecule has 0 aliphatic carbocycles. The molecule has 0 aliphatic rings. The average molecular weight is 291 g/mol. The third kappa shape index (κ3) is 2.64. The molecule has 5 heteroatoms. The Hall–Kier alpha value is -0.390. The van der Waals surface area contributed by atoms with E-state index in [4.69, 9.17) is 4.74 Å². The number of halogens is 1. The number of ether oxygens (including phenoxy) is 1. The van der Waals surface area contributed by atoms with Crippen molar-refractivity contribution in [2.24, 2.45) is 0 Å². The maximum atomic E-state index is 10.5. The van der Waals surface area contributed by atoms with Gasteiger partial charge < -0.3 is 9.84 Å². The van der Waals surface area contributed by atoms with Gasteiger partial charge in [-0.15, -0.1) is 0 Å². The lowest BCUT2D eigenvalue weighted by molar-refractivity contribution is 0.0173. The van der Waals surface area contributed by atoms with Gasteiger partial charge in [0.2, 0.25) is 0 Å². The van der Waals surface area contributed by atoms with Crippen LogP contribution in [-0.2, 0) is 16.9 Å². The number of hydrogen-bond acceptors (Lipinski definition) is 3. The van der Waals surface area contributed by atoms with Gasteiger partial charge in [0, 0.05) is 7.11 Å². The third-order valence-electron chi connectivity index (χ3n) is 2.91. The molecule has 0 aromatic carbocycles. The van der Waals surface area contributed by atoms with Gasteiger partial charge in [-0.25, -0.2) is 0 Å². The molecule has 0 radical (unpaired) electrons. The summed E-state index contributed by atoms with van der Waals surface area (Å²) in [6.07, 6.45) is 3.06. The van der Waals surface area contributed by atoms with Gasteiger partial charge in [-0.05, 0) is 28.8 Å². The van der Waals surface area contributed by atoms with Crippen LogP contribution < -0.4 is 0 Å². The predicted molar refractivity (Wildman–Crippen MR) is 66.3 cm³/mol. The second kappa shape index (κ2) is 5.80. The van der Waals surface area contributed by atoms with E-state index in [2.05, 4.69) is 21.0 Å². The molecule has 0 amide bonds. The van der Waals surface area contributed by atoms with Crippen LogP contribution in [0, 0.1) is 0 Å². The van der Waals surface area contributed by atoms with Crippen molar-refractivity contribution in [3.63, 3.8) is 0 Å². The second-order valence-electron chi connectivity index (χ2n) is 3.80. The third-order valence-corrected chi connectivity index (χ3v) is 3.49. The van der Waals surface area contributed by atoms with Gasteiger partial charge in [-0.1, -0.05) is 13.8 Å². The Morgan fingerprint density at radius 1 is 1.50 bits per heavy atom. The van der Waals surface area contributed by atoms with Crippen molar-refractivity contribution < 1.29 is 9.84 Å². The molecular weight excluding hydrogens is 272 g/mol. The molecule has 1 N–H and O–H groups in total. The molecule has 92 valence electrons. The summed E-state index contributed by atoms with van der Waals surface area (Å²) in [6, 6.07) is 0. The Bertz CT molecular complexity index is 335. The predicted octanol–water partition coefficient (Wildman–Crippen LogP) is 2.30. The highest BCUT2D eigenvalue weighted by Crippen LogP contribution is 2.33. The van der Waals surface area contributed by atoms with Gasteiger partial charge in [0.1, 0.15) is 5.60 Å². The van der Waals surface area contributed by atoms with Crippen molar-refractivity contribution in [2.75, 3.05) is 13.7 Å². The summed E-state index contributed by atoms with van der Waals surface area (Å²) in [5.41, 5.74) is 0.0258. The van der Waals surface area contributed by atoms with Crippen molar-refractivity contribution in [2.45, 2.75) is 38.8 Å². The Morgan fingerprint density at radius 3 is 2.62 bits per heavy atom. The van der Waals surface area contributed by atoms with E-state index in [1.165, 1.54) is 0 Å². The summed E-state index contributed by atoms with van der Waals surface area (Å²) in [4.78, 5) is 0. The van der Waals surface area contributed by atoms with Crippen molar-refractivity contribution in [1.82, 2.24) is 9.78 Å². The number of rotatable bonds is 6. The Balaban J connectivity index is 3.04. The van der Waals surface area contributed by atoms with E-state index in [9.17, 15) is 5.11 Å². The molecule has 1 aromatic rings. The monoisotopic (exact) mass is 290 g/mol. The molecule has 0 bridgehead atoms. The first kappa shape index (κ1) is 13.7. The number of nitrogens with zero attached hydrogens (tertiary/aromatic N) is 2. The van der Waals surface area contributed by atoms with Crippen LogP contribution in [0.3, 0.4) is 0 Å². The Labute approximate surface area is 105 Å². The molecule has 0 spiro atoms. The first-order chi connectivity index (χ1) is 7.59. The smallest absolute Gasteiger partial charge is 0.107 e. The number of hydrogen-bond donors (Lipinski definition) is 1. The fraction of sp³-hybridized carbons (Fsp3) is 0.727. The van der Waals surface area contributed by atoms with Crippen LogP contribution in [0.1, 0.15) is 32.4 Å². The molecule has 0 atom stereocenters. The van der Waals surface area contributed by atoms with Crippen molar-refractivity contribution in [3.8, 4) is 0 Å². The lowest BCUT2D eigenvalue weighted by Crippen LogP contribution is -2.28. The highest BCUT2D eigenvalue weighted by Gasteiger charge is 2.31. The summed E-state index contributed by atoms with van der Waals surface area (Å²) in [6.45, 7) is 5.19.